The summed E-state index contributed by atoms with van der Waals surface area (Å²) in [6.07, 6.45) is 5.05. The largest absolute Gasteiger partial charge is 0.493 e. The van der Waals surface area contributed by atoms with Gasteiger partial charge in [-0.15, -0.1) is 0 Å². The van der Waals surface area contributed by atoms with E-state index in [1.54, 1.807) is 19.2 Å². The molecule has 0 radical (unpaired) electrons. The highest BCUT2D eigenvalue weighted by Gasteiger charge is 2.46. The minimum atomic E-state index is -0.283. The molecule has 24 heavy (non-hydrogen) atoms. The molecule has 1 aromatic rings. The van der Waals surface area contributed by atoms with E-state index in [1.165, 1.54) is 12.1 Å². The first-order valence-electron chi connectivity index (χ1n) is 8.80. The molecule has 1 atom stereocenters. The van der Waals surface area contributed by atoms with Crippen molar-refractivity contribution in [2.24, 2.45) is 11.3 Å². The maximum Gasteiger partial charge on any atom is 0.231 e. The Bertz CT molecular complexity index is 556. The predicted octanol–water partition coefficient (Wildman–Crippen LogP) is 3.26. The molecule has 2 aliphatic rings. The Morgan fingerprint density at radius 2 is 2.04 bits per heavy atom. The molecule has 5 heteroatoms. The zero-order valence-electron chi connectivity index (χ0n) is 14.3. The van der Waals surface area contributed by atoms with E-state index in [1.807, 2.05) is 4.90 Å². The topological polar surface area (TPSA) is 38.8 Å². The number of piperidine rings is 1. The summed E-state index contributed by atoms with van der Waals surface area (Å²) in [6, 6.07) is 6.08. The van der Waals surface area contributed by atoms with Crippen molar-refractivity contribution in [3.63, 3.8) is 0 Å². The normalized spacial score (nSPS) is 22.8. The van der Waals surface area contributed by atoms with Crippen LogP contribution in [0.25, 0.3) is 0 Å². The number of nitrogens with zero attached hydrogens (tertiary/aromatic N) is 1. The van der Waals surface area contributed by atoms with Crippen LogP contribution in [-0.2, 0) is 9.53 Å². The molecule has 0 N–H and O–H groups in total. The van der Waals surface area contributed by atoms with Crippen LogP contribution in [0, 0.1) is 17.2 Å². The van der Waals surface area contributed by atoms with Gasteiger partial charge in [-0.05, 0) is 49.9 Å². The fraction of sp³-hybridized carbons (Fsp3) is 0.632. The number of hydrogen-bond acceptors (Lipinski definition) is 3. The van der Waals surface area contributed by atoms with Crippen molar-refractivity contribution in [3.05, 3.63) is 30.1 Å². The number of halogens is 1. The van der Waals surface area contributed by atoms with Gasteiger partial charge in [0.05, 0.1) is 18.6 Å². The zero-order valence-corrected chi connectivity index (χ0v) is 14.3. The summed E-state index contributed by atoms with van der Waals surface area (Å²) >= 11 is 0. The molecule has 0 aromatic heterocycles. The van der Waals surface area contributed by atoms with E-state index in [2.05, 4.69) is 0 Å². The molecule has 1 heterocycles. The molecular weight excluding hydrogens is 309 g/mol. The molecule has 1 amide bonds. The summed E-state index contributed by atoms with van der Waals surface area (Å²) in [7, 11) is 1.67. The molecular formula is C19H26FNO3. The highest BCUT2D eigenvalue weighted by Crippen LogP contribution is 2.43. The van der Waals surface area contributed by atoms with Gasteiger partial charge in [-0.2, -0.15) is 0 Å². The lowest BCUT2D eigenvalue weighted by atomic mass is 9.68. The van der Waals surface area contributed by atoms with Crippen LogP contribution >= 0.6 is 0 Å². The lowest BCUT2D eigenvalue weighted by Gasteiger charge is -2.45. The fourth-order valence-electron chi connectivity index (χ4n) is 3.77. The van der Waals surface area contributed by atoms with Crippen molar-refractivity contribution in [2.45, 2.75) is 32.1 Å². The lowest BCUT2D eigenvalue weighted by molar-refractivity contribution is -0.154. The minimum absolute atomic E-state index is 0.252. The van der Waals surface area contributed by atoms with Crippen LogP contribution in [-0.4, -0.2) is 44.2 Å². The van der Waals surface area contributed by atoms with Crippen LogP contribution < -0.4 is 4.74 Å². The summed E-state index contributed by atoms with van der Waals surface area (Å²) in [5.41, 5.74) is -0.283. The number of amides is 1. The molecule has 1 saturated heterocycles. The maximum atomic E-state index is 12.9. The smallest absolute Gasteiger partial charge is 0.231 e. The van der Waals surface area contributed by atoms with Crippen LogP contribution in [0.1, 0.15) is 32.1 Å². The number of benzene rings is 1. The van der Waals surface area contributed by atoms with Gasteiger partial charge < -0.3 is 14.4 Å². The van der Waals surface area contributed by atoms with Gasteiger partial charge in [0.1, 0.15) is 11.6 Å². The van der Waals surface area contributed by atoms with Gasteiger partial charge in [-0.1, -0.05) is 6.42 Å². The molecule has 0 unspecified atom stereocenters. The van der Waals surface area contributed by atoms with Gasteiger partial charge in [-0.25, -0.2) is 4.39 Å². The second kappa shape index (κ2) is 7.51. The number of methoxy groups -OCH3 is 1. The van der Waals surface area contributed by atoms with E-state index < -0.39 is 0 Å². The standard InChI is InChI=1S/C19H26FNO3/c1-23-14-19(9-3-10-19)18(22)21-11-2-4-15(12-21)13-24-17-7-5-16(20)6-8-17/h5-8,15H,2-4,9-14H2,1H3/t15-/m1/s1. The SMILES string of the molecule is COCC1(C(=O)N2CCC[C@@H](COc3ccc(F)cc3)C2)CCC1. The van der Waals surface area contributed by atoms with Crippen molar-refractivity contribution < 1.29 is 18.7 Å². The third-order valence-electron chi connectivity index (χ3n) is 5.29. The summed E-state index contributed by atoms with van der Waals surface area (Å²) in [4.78, 5) is 14.9. The van der Waals surface area contributed by atoms with E-state index in [4.69, 9.17) is 9.47 Å². The molecule has 3 rings (SSSR count). The van der Waals surface area contributed by atoms with Crippen molar-refractivity contribution in [2.75, 3.05) is 33.4 Å². The second-order valence-electron chi connectivity index (χ2n) is 7.09. The summed E-state index contributed by atoms with van der Waals surface area (Å²) < 4.78 is 24.0. The Morgan fingerprint density at radius 1 is 1.29 bits per heavy atom. The van der Waals surface area contributed by atoms with Gasteiger partial charge in [0, 0.05) is 26.1 Å². The molecule has 4 nitrogen and oxygen atoms in total. The molecule has 132 valence electrons. The first-order chi connectivity index (χ1) is 11.6. The first-order valence-corrected chi connectivity index (χ1v) is 8.80. The molecule has 1 aromatic carbocycles. The number of likely N-dealkylation sites (tertiary alicyclic amines) is 1. The highest BCUT2D eigenvalue weighted by atomic mass is 19.1. The van der Waals surface area contributed by atoms with Crippen molar-refractivity contribution in [1.29, 1.82) is 0 Å². The third kappa shape index (κ3) is 3.72. The highest BCUT2D eigenvalue weighted by molar-refractivity contribution is 5.84. The minimum Gasteiger partial charge on any atom is -0.493 e. The average Bonchev–Trinajstić information content (AvgIpc) is 2.57. The Hall–Kier alpha value is -1.62. The van der Waals surface area contributed by atoms with Crippen LogP contribution in [0.15, 0.2) is 24.3 Å². The number of rotatable bonds is 6. The second-order valence-corrected chi connectivity index (χ2v) is 7.09. The van der Waals surface area contributed by atoms with Crippen molar-refractivity contribution in [1.82, 2.24) is 4.90 Å². The third-order valence-corrected chi connectivity index (χ3v) is 5.29. The van der Waals surface area contributed by atoms with E-state index in [0.717, 1.165) is 45.2 Å². The fourth-order valence-corrected chi connectivity index (χ4v) is 3.77. The van der Waals surface area contributed by atoms with Crippen LogP contribution in [0.2, 0.25) is 0 Å². The van der Waals surface area contributed by atoms with E-state index in [9.17, 15) is 9.18 Å². The predicted molar refractivity (Wildman–Crippen MR) is 89.4 cm³/mol. The van der Waals surface area contributed by atoms with Gasteiger partial charge in [0.25, 0.3) is 0 Å². The van der Waals surface area contributed by atoms with Crippen LogP contribution in [0.5, 0.6) is 5.75 Å². The summed E-state index contributed by atoms with van der Waals surface area (Å²) in [5, 5.41) is 0. The Morgan fingerprint density at radius 3 is 2.67 bits per heavy atom. The van der Waals surface area contributed by atoms with Gasteiger partial charge >= 0.3 is 0 Å². The van der Waals surface area contributed by atoms with Gasteiger partial charge in [0.15, 0.2) is 0 Å². The summed E-state index contributed by atoms with van der Waals surface area (Å²) in [6.45, 7) is 2.66. The van der Waals surface area contributed by atoms with Crippen LogP contribution in [0.3, 0.4) is 0 Å². The number of carbonyl (C=O) groups excluding carboxylic acids is 1. The Balaban J connectivity index is 1.54. The van der Waals surface area contributed by atoms with E-state index >= 15 is 0 Å². The number of carbonyl (C=O) groups is 1. The maximum absolute atomic E-state index is 12.9. The summed E-state index contributed by atoms with van der Waals surface area (Å²) in [5.74, 6) is 0.991. The molecule has 1 aliphatic carbocycles. The number of ether oxygens (including phenoxy) is 2. The quantitative estimate of drug-likeness (QED) is 0.801. The lowest BCUT2D eigenvalue weighted by Crippen LogP contribution is -2.53. The van der Waals surface area contributed by atoms with E-state index in [0.29, 0.717) is 24.9 Å². The van der Waals surface area contributed by atoms with E-state index in [-0.39, 0.29) is 17.1 Å². The first kappa shape index (κ1) is 17.2. The van der Waals surface area contributed by atoms with Crippen molar-refractivity contribution >= 4 is 5.91 Å². The van der Waals surface area contributed by atoms with Crippen molar-refractivity contribution in [3.8, 4) is 5.75 Å². The molecule has 2 fully saturated rings. The molecule has 0 bridgehead atoms. The number of hydrogen-bond donors (Lipinski definition) is 0. The van der Waals surface area contributed by atoms with Gasteiger partial charge in [0.2, 0.25) is 5.91 Å². The van der Waals surface area contributed by atoms with Gasteiger partial charge in [-0.3, -0.25) is 4.79 Å². The zero-order chi connectivity index (χ0) is 17.0. The molecule has 1 saturated carbocycles. The van der Waals surface area contributed by atoms with Crippen LogP contribution in [0.4, 0.5) is 4.39 Å². The average molecular weight is 335 g/mol. The Kier molecular flexibility index (Phi) is 5.39. The molecule has 1 aliphatic heterocycles. The monoisotopic (exact) mass is 335 g/mol. The molecule has 0 spiro atoms. The Labute approximate surface area is 142 Å².